The molecule has 0 heterocycles. The van der Waals surface area contributed by atoms with Crippen molar-refractivity contribution >= 4 is 0 Å². The van der Waals surface area contributed by atoms with Crippen molar-refractivity contribution < 1.29 is 9.47 Å². The predicted octanol–water partition coefficient (Wildman–Crippen LogP) is 6.90. The van der Waals surface area contributed by atoms with Crippen LogP contribution in [-0.4, -0.2) is 0 Å². The fourth-order valence-corrected chi connectivity index (χ4v) is 2.52. The molecule has 0 N–H and O–H groups in total. The van der Waals surface area contributed by atoms with Gasteiger partial charge in [0.25, 0.3) is 0 Å². The molecule has 2 heteroatoms. The molecule has 0 spiro atoms. The van der Waals surface area contributed by atoms with Crippen LogP contribution in [0.25, 0.3) is 0 Å². The molecule has 0 aromatic rings. The van der Waals surface area contributed by atoms with Gasteiger partial charge in [0.05, 0.1) is 11.5 Å². The Balaban J connectivity index is 7.88. The molecule has 2 nitrogen and oxygen atoms in total. The molecule has 0 fully saturated rings. The normalized spacial score (nSPS) is 6.46. The molecule has 0 saturated heterocycles. The summed E-state index contributed by atoms with van der Waals surface area (Å²) in [7, 11) is 0. The van der Waals surface area contributed by atoms with E-state index in [0.717, 1.165) is 0 Å². The van der Waals surface area contributed by atoms with Crippen molar-refractivity contribution in [2.24, 2.45) is 5.92 Å². The second-order valence-corrected chi connectivity index (χ2v) is 7.44. The van der Waals surface area contributed by atoms with Crippen molar-refractivity contribution in [1.29, 1.82) is 0 Å². The average molecular weight is 627 g/mol. The molecular formula is C48H18O2. The Kier molecular flexibility index (Phi) is 23.0. The second kappa shape index (κ2) is 28.3. The molecule has 0 amide bonds. The first-order chi connectivity index (χ1) is 24.4. The Morgan fingerprint density at radius 2 is 1.06 bits per heavy atom. The summed E-state index contributed by atoms with van der Waals surface area (Å²) >= 11 is 0. The molecule has 1 atom stereocenters. The summed E-state index contributed by atoms with van der Waals surface area (Å²) in [6.45, 7) is 23.4. The SMILES string of the molecule is C#CC#CC#CC#CC#CC(=C=C=C=C=C=C=C=C)OC(=C=C=C=C)C(=C=C=C)C(C#CC#CC#C)C(=C)C(=C=C)OC(C)=C=C=C=C=C=C. The molecule has 1 unspecified atom stereocenters. The van der Waals surface area contributed by atoms with E-state index < -0.39 is 5.92 Å². The first-order valence-corrected chi connectivity index (χ1v) is 13.1. The smallest absolute Gasteiger partial charge is 0.231 e. The topological polar surface area (TPSA) is 18.5 Å². The minimum atomic E-state index is -1.02. The van der Waals surface area contributed by atoms with Crippen LogP contribution in [0.3, 0.4) is 0 Å². The molecule has 50 heavy (non-hydrogen) atoms. The summed E-state index contributed by atoms with van der Waals surface area (Å²) in [5.41, 5.74) is 46.8. The van der Waals surface area contributed by atoms with Crippen molar-refractivity contribution in [1.82, 2.24) is 0 Å². The van der Waals surface area contributed by atoms with E-state index in [4.69, 9.17) is 22.3 Å². The predicted molar refractivity (Wildman–Crippen MR) is 194 cm³/mol. The van der Waals surface area contributed by atoms with Crippen molar-refractivity contribution in [3.8, 4) is 95.7 Å². The molecular weight excluding hydrogens is 609 g/mol. The molecule has 0 bridgehead atoms. The summed E-state index contributed by atoms with van der Waals surface area (Å²) in [6, 6.07) is 0. The van der Waals surface area contributed by atoms with E-state index in [0.29, 0.717) is 0 Å². The van der Waals surface area contributed by atoms with E-state index in [-0.39, 0.29) is 34.2 Å². The lowest BCUT2D eigenvalue weighted by Crippen LogP contribution is -2.11. The van der Waals surface area contributed by atoms with Gasteiger partial charge in [0, 0.05) is 12.5 Å². The van der Waals surface area contributed by atoms with Gasteiger partial charge in [-0.15, -0.1) is 12.8 Å². The standard InChI is InChI=1S/C48H18O2/c1-10-17-22-26-28-29-31-34-39-44(38-33-30-27-23-18-11-2)50-48(41-21-14-5)46(36-15-6)45(40-35-25-20-13-4)43(9)47(16-7)49-42(8)37-32-24-19-12-3/h1,4,45H,2-3,5-7,9H2,8H3. The highest BCUT2D eigenvalue weighted by Gasteiger charge is 2.25. The van der Waals surface area contributed by atoms with Crippen LogP contribution in [0.5, 0.6) is 0 Å². The molecule has 0 saturated carbocycles. The lowest BCUT2D eigenvalue weighted by Gasteiger charge is -2.18. The van der Waals surface area contributed by atoms with Crippen LogP contribution in [0, 0.1) is 102 Å². The van der Waals surface area contributed by atoms with Crippen LogP contribution in [0.2, 0.25) is 0 Å². The molecule has 0 aromatic carbocycles. The van der Waals surface area contributed by atoms with Gasteiger partial charge in [0.15, 0.2) is 17.3 Å². The van der Waals surface area contributed by atoms with E-state index in [2.05, 4.69) is 226 Å². The van der Waals surface area contributed by atoms with Gasteiger partial charge in [-0.2, -0.15) is 0 Å². The van der Waals surface area contributed by atoms with Gasteiger partial charge in [-0.25, -0.2) is 0 Å². The Morgan fingerprint density at radius 3 is 1.66 bits per heavy atom. The highest BCUT2D eigenvalue weighted by atomic mass is 16.5. The maximum atomic E-state index is 6.07. The lowest BCUT2D eigenvalue weighted by molar-refractivity contribution is 0.311. The molecule has 0 aliphatic carbocycles. The van der Waals surface area contributed by atoms with Crippen LogP contribution in [0.15, 0.2) is 177 Å². The van der Waals surface area contributed by atoms with E-state index >= 15 is 0 Å². The number of hydrogen-bond acceptors (Lipinski definition) is 2. The molecule has 0 aromatic heterocycles. The summed E-state index contributed by atoms with van der Waals surface area (Å²) in [6.07, 6.45) is 10.3. The molecule has 0 radical (unpaired) electrons. The van der Waals surface area contributed by atoms with Crippen molar-refractivity contribution in [2.75, 3.05) is 0 Å². The third-order valence-electron chi connectivity index (χ3n) is 4.28. The highest BCUT2D eigenvalue weighted by molar-refractivity contribution is 5.49. The average Bonchev–Trinajstić information content (AvgIpc) is 3.12. The van der Waals surface area contributed by atoms with Crippen LogP contribution in [0.1, 0.15) is 6.92 Å². The summed E-state index contributed by atoms with van der Waals surface area (Å²) < 4.78 is 11.9. The van der Waals surface area contributed by atoms with Gasteiger partial charge in [0.2, 0.25) is 5.76 Å². The lowest BCUT2D eigenvalue weighted by atomic mass is 9.90. The second-order valence-electron chi connectivity index (χ2n) is 7.44. The Hall–Kier alpha value is -9.44. The maximum absolute atomic E-state index is 6.07. The van der Waals surface area contributed by atoms with E-state index in [1.165, 1.54) is 0 Å². The first-order valence-electron chi connectivity index (χ1n) is 13.1. The van der Waals surface area contributed by atoms with E-state index in [1.54, 1.807) is 6.92 Å². The zero-order valence-corrected chi connectivity index (χ0v) is 26.8. The third kappa shape index (κ3) is 19.0. The van der Waals surface area contributed by atoms with Crippen LogP contribution in [-0.2, 0) is 9.47 Å². The summed E-state index contributed by atoms with van der Waals surface area (Å²) in [5.74, 6) is 34.0. The minimum Gasteiger partial charge on any atom is -0.444 e. The van der Waals surface area contributed by atoms with Crippen LogP contribution < -0.4 is 0 Å². The molecule has 0 aliphatic heterocycles. The van der Waals surface area contributed by atoms with Gasteiger partial charge in [0.1, 0.15) is 0 Å². The van der Waals surface area contributed by atoms with Crippen LogP contribution >= 0.6 is 0 Å². The number of ether oxygens (including phenoxy) is 2. The Morgan fingerprint density at radius 1 is 0.520 bits per heavy atom. The van der Waals surface area contributed by atoms with Gasteiger partial charge in [-0.1, -0.05) is 53.5 Å². The Labute approximate surface area is 294 Å². The number of rotatable bonds is 8. The fraction of sp³-hybridized carbons (Fsp3) is 0.0417. The highest BCUT2D eigenvalue weighted by Crippen LogP contribution is 2.31. The Bertz CT molecular complexity index is 2740. The summed E-state index contributed by atoms with van der Waals surface area (Å²) in [4.78, 5) is 0. The monoisotopic (exact) mass is 626 g/mol. The van der Waals surface area contributed by atoms with Crippen molar-refractivity contribution in [2.45, 2.75) is 6.92 Å². The number of allylic oxidation sites excluding steroid dienone is 4. The maximum Gasteiger partial charge on any atom is 0.231 e. The third-order valence-corrected chi connectivity index (χ3v) is 4.28. The van der Waals surface area contributed by atoms with Crippen LogP contribution in [0.4, 0.5) is 0 Å². The van der Waals surface area contributed by atoms with E-state index in [1.807, 2.05) is 0 Å². The van der Waals surface area contributed by atoms with E-state index in [9.17, 15) is 0 Å². The molecule has 0 aliphatic rings. The first kappa shape index (κ1) is 40.6. The largest absolute Gasteiger partial charge is 0.444 e. The summed E-state index contributed by atoms with van der Waals surface area (Å²) in [5, 5.41) is 0. The fourth-order valence-electron chi connectivity index (χ4n) is 2.52. The zero-order chi connectivity index (χ0) is 37.1. The number of terminal acetylenes is 2. The van der Waals surface area contributed by atoms with Gasteiger partial charge in [-0.05, 0) is 172 Å². The minimum absolute atomic E-state index is 0.0652. The van der Waals surface area contributed by atoms with Crippen molar-refractivity contribution in [3.05, 3.63) is 177 Å². The molecule has 222 valence electrons. The number of hydrogen-bond donors (Lipinski definition) is 0. The zero-order valence-electron chi connectivity index (χ0n) is 26.8. The van der Waals surface area contributed by atoms with Gasteiger partial charge < -0.3 is 9.47 Å². The van der Waals surface area contributed by atoms with Gasteiger partial charge in [-0.3, -0.25) is 0 Å². The van der Waals surface area contributed by atoms with Crippen molar-refractivity contribution in [3.63, 3.8) is 0 Å². The molecule has 0 rings (SSSR count). The quantitative estimate of drug-likeness (QED) is 0.126. The van der Waals surface area contributed by atoms with Gasteiger partial charge >= 0.3 is 0 Å².